The molecule has 5 rings (SSSR count). The Morgan fingerprint density at radius 2 is 1.74 bits per heavy atom. The highest BCUT2D eigenvalue weighted by atomic mass is 32.2. The molecule has 1 fully saturated rings. The van der Waals surface area contributed by atoms with Crippen LogP contribution in [0.4, 0.5) is 0 Å². The minimum absolute atomic E-state index is 0.0292. The lowest BCUT2D eigenvalue weighted by Gasteiger charge is -2.10. The summed E-state index contributed by atoms with van der Waals surface area (Å²) in [5, 5.41) is 17.4. The molecule has 2 aromatic carbocycles. The van der Waals surface area contributed by atoms with Crippen molar-refractivity contribution in [2.75, 3.05) is 5.75 Å². The normalized spacial score (nSPS) is 13.2. The summed E-state index contributed by atoms with van der Waals surface area (Å²) in [5.74, 6) is 1.79. The minimum atomic E-state index is -0.0292. The summed E-state index contributed by atoms with van der Waals surface area (Å²) < 4.78 is 4.10. The first-order valence-electron chi connectivity index (χ1n) is 11.6. The molecule has 1 amide bonds. The topological polar surface area (TPSA) is 77.6 Å². The lowest BCUT2D eigenvalue weighted by Crippen LogP contribution is -2.25. The fourth-order valence-electron chi connectivity index (χ4n) is 4.08. The third kappa shape index (κ3) is 4.92. The molecule has 0 saturated heterocycles. The molecule has 2 aromatic heterocycles. The summed E-state index contributed by atoms with van der Waals surface area (Å²) >= 11 is 1.44. The molecule has 1 aliphatic rings. The van der Waals surface area contributed by atoms with Crippen molar-refractivity contribution in [3.63, 3.8) is 0 Å². The van der Waals surface area contributed by atoms with Gasteiger partial charge in [0.15, 0.2) is 5.16 Å². The summed E-state index contributed by atoms with van der Waals surface area (Å²) in [6.45, 7) is 5.19. The lowest BCUT2D eigenvalue weighted by atomic mass is 10.2. The summed E-state index contributed by atoms with van der Waals surface area (Å²) in [6.07, 6.45) is 2.32. The number of aryl methyl sites for hydroxylation is 1. The zero-order chi connectivity index (χ0) is 23.5. The summed E-state index contributed by atoms with van der Waals surface area (Å²) in [6, 6.07) is 20.4. The summed E-state index contributed by atoms with van der Waals surface area (Å²) in [5.41, 5.74) is 5.22. The average Bonchev–Trinajstić information content (AvgIpc) is 3.57. The zero-order valence-corrected chi connectivity index (χ0v) is 20.3. The number of nitrogens with one attached hydrogen (secondary N) is 1. The fraction of sp³-hybridized carbons (Fsp3) is 0.308. The molecule has 0 bridgehead atoms. The number of hydrogen-bond donors (Lipinski definition) is 1. The van der Waals surface area contributed by atoms with E-state index < -0.39 is 0 Å². The van der Waals surface area contributed by atoms with Crippen molar-refractivity contribution in [1.29, 1.82) is 0 Å². The Morgan fingerprint density at radius 1 is 1.03 bits per heavy atom. The zero-order valence-electron chi connectivity index (χ0n) is 19.4. The number of hydrogen-bond acceptors (Lipinski definition) is 5. The molecule has 0 radical (unpaired) electrons. The van der Waals surface area contributed by atoms with Gasteiger partial charge in [-0.25, -0.2) is 4.68 Å². The van der Waals surface area contributed by atoms with Crippen LogP contribution in [0.25, 0.3) is 5.69 Å². The van der Waals surface area contributed by atoms with E-state index in [-0.39, 0.29) is 5.91 Å². The van der Waals surface area contributed by atoms with Gasteiger partial charge in [0, 0.05) is 23.7 Å². The predicted molar refractivity (Wildman–Crippen MR) is 133 cm³/mol. The van der Waals surface area contributed by atoms with E-state index in [1.54, 1.807) is 0 Å². The summed E-state index contributed by atoms with van der Waals surface area (Å²) in [7, 11) is 0. The van der Waals surface area contributed by atoms with Gasteiger partial charge in [-0.2, -0.15) is 5.10 Å². The SMILES string of the molecule is Cc1nn(-c2ccccc2)c(C)c1CNC(=O)CSc1nnc(C2CC2)n1Cc1ccccc1. The van der Waals surface area contributed by atoms with Gasteiger partial charge in [-0.15, -0.1) is 10.2 Å². The van der Waals surface area contributed by atoms with Crippen molar-refractivity contribution in [3.8, 4) is 5.69 Å². The maximum atomic E-state index is 12.7. The van der Waals surface area contributed by atoms with Crippen molar-refractivity contribution in [1.82, 2.24) is 29.9 Å². The van der Waals surface area contributed by atoms with Gasteiger partial charge < -0.3 is 9.88 Å². The number of carbonyl (C=O) groups is 1. The van der Waals surface area contributed by atoms with Crippen LogP contribution in [0.5, 0.6) is 0 Å². The molecule has 2 heterocycles. The Hall–Kier alpha value is -3.39. The van der Waals surface area contributed by atoms with E-state index >= 15 is 0 Å². The quantitative estimate of drug-likeness (QED) is 0.365. The lowest BCUT2D eigenvalue weighted by molar-refractivity contribution is -0.118. The Bertz CT molecular complexity index is 1280. The Kier molecular flexibility index (Phi) is 6.49. The summed E-state index contributed by atoms with van der Waals surface area (Å²) in [4.78, 5) is 12.7. The van der Waals surface area contributed by atoms with Crippen molar-refractivity contribution in [3.05, 3.63) is 89.0 Å². The van der Waals surface area contributed by atoms with Crippen LogP contribution in [0, 0.1) is 13.8 Å². The number of rotatable bonds is 9. The van der Waals surface area contributed by atoms with Gasteiger partial charge in [0.2, 0.25) is 5.91 Å². The number of amides is 1. The molecule has 34 heavy (non-hydrogen) atoms. The van der Waals surface area contributed by atoms with E-state index in [1.165, 1.54) is 17.3 Å². The van der Waals surface area contributed by atoms with Gasteiger partial charge in [-0.3, -0.25) is 4.79 Å². The molecule has 0 spiro atoms. The van der Waals surface area contributed by atoms with E-state index in [0.717, 1.165) is 53.0 Å². The fourth-order valence-corrected chi connectivity index (χ4v) is 4.86. The molecule has 0 atom stereocenters. The molecule has 0 unspecified atom stereocenters. The third-order valence-corrected chi connectivity index (χ3v) is 7.07. The van der Waals surface area contributed by atoms with Gasteiger partial charge in [0.25, 0.3) is 0 Å². The molecule has 1 aliphatic carbocycles. The highest BCUT2D eigenvalue weighted by Gasteiger charge is 2.30. The van der Waals surface area contributed by atoms with Crippen molar-refractivity contribution >= 4 is 17.7 Å². The largest absolute Gasteiger partial charge is 0.351 e. The first kappa shape index (κ1) is 22.4. The van der Waals surface area contributed by atoms with Crippen LogP contribution in [-0.4, -0.2) is 36.2 Å². The molecule has 0 aliphatic heterocycles. The highest BCUT2D eigenvalue weighted by molar-refractivity contribution is 7.99. The molecule has 1 N–H and O–H groups in total. The van der Waals surface area contributed by atoms with Crippen molar-refractivity contribution < 1.29 is 4.79 Å². The van der Waals surface area contributed by atoms with Crippen LogP contribution < -0.4 is 5.32 Å². The number of carbonyl (C=O) groups excluding carboxylic acids is 1. The molecular weight excluding hydrogens is 444 g/mol. The predicted octanol–water partition coefficient (Wildman–Crippen LogP) is 4.41. The number of benzene rings is 2. The van der Waals surface area contributed by atoms with Crippen LogP contribution >= 0.6 is 11.8 Å². The molecule has 174 valence electrons. The second-order valence-corrected chi connectivity index (χ2v) is 9.59. The monoisotopic (exact) mass is 472 g/mol. The maximum absolute atomic E-state index is 12.7. The molecular formula is C26H28N6OS. The third-order valence-electron chi connectivity index (χ3n) is 6.11. The first-order valence-corrected chi connectivity index (χ1v) is 12.6. The van der Waals surface area contributed by atoms with E-state index in [2.05, 4.69) is 37.3 Å². The van der Waals surface area contributed by atoms with E-state index in [4.69, 9.17) is 0 Å². The van der Waals surface area contributed by atoms with Crippen LogP contribution in [0.15, 0.2) is 65.8 Å². The number of para-hydroxylation sites is 1. The Labute approximate surface area is 203 Å². The average molecular weight is 473 g/mol. The minimum Gasteiger partial charge on any atom is -0.351 e. The van der Waals surface area contributed by atoms with Crippen LogP contribution in [0.2, 0.25) is 0 Å². The van der Waals surface area contributed by atoms with E-state index in [1.807, 2.05) is 67.1 Å². The number of thioether (sulfide) groups is 1. The first-order chi connectivity index (χ1) is 16.6. The standard InChI is InChI=1S/C26H28N6OS/c1-18-23(19(2)32(30-18)22-11-7-4-8-12-22)15-27-24(33)17-34-26-29-28-25(21-13-14-21)31(26)16-20-9-5-3-6-10-20/h3-12,21H,13-17H2,1-2H3,(H,27,33). The second-order valence-electron chi connectivity index (χ2n) is 8.65. The maximum Gasteiger partial charge on any atom is 0.230 e. The van der Waals surface area contributed by atoms with Crippen molar-refractivity contribution in [2.24, 2.45) is 0 Å². The van der Waals surface area contributed by atoms with Gasteiger partial charge in [0.05, 0.1) is 23.7 Å². The van der Waals surface area contributed by atoms with Gasteiger partial charge in [-0.1, -0.05) is 60.3 Å². The van der Waals surface area contributed by atoms with E-state index in [9.17, 15) is 4.79 Å². The van der Waals surface area contributed by atoms with E-state index in [0.29, 0.717) is 18.2 Å². The van der Waals surface area contributed by atoms with Crippen molar-refractivity contribution in [2.45, 2.75) is 50.9 Å². The number of aromatic nitrogens is 5. The Morgan fingerprint density at radius 3 is 2.44 bits per heavy atom. The Balaban J connectivity index is 1.23. The van der Waals surface area contributed by atoms with Gasteiger partial charge in [-0.05, 0) is 44.4 Å². The van der Waals surface area contributed by atoms with Crippen LogP contribution in [-0.2, 0) is 17.9 Å². The van der Waals surface area contributed by atoms with Crippen LogP contribution in [0.1, 0.15) is 47.1 Å². The second kappa shape index (κ2) is 9.85. The molecule has 8 heteroatoms. The van der Waals surface area contributed by atoms with Crippen LogP contribution in [0.3, 0.4) is 0 Å². The number of nitrogens with zero attached hydrogens (tertiary/aromatic N) is 5. The smallest absolute Gasteiger partial charge is 0.230 e. The molecule has 4 aromatic rings. The van der Waals surface area contributed by atoms with Gasteiger partial charge >= 0.3 is 0 Å². The molecule has 1 saturated carbocycles. The molecule has 7 nitrogen and oxygen atoms in total. The van der Waals surface area contributed by atoms with Gasteiger partial charge in [0.1, 0.15) is 5.82 Å². The highest BCUT2D eigenvalue weighted by Crippen LogP contribution is 2.40.